The molecule has 66 valence electrons. The maximum Gasteiger partial charge on any atom is 0.233 e. The zero-order chi connectivity index (χ0) is 8.97. The van der Waals surface area contributed by atoms with Crippen LogP contribution in [0, 0.1) is 0 Å². The van der Waals surface area contributed by atoms with Gasteiger partial charge in [-0.05, 0) is 13.0 Å². The molecule has 0 aliphatic rings. The lowest BCUT2D eigenvalue weighted by Crippen LogP contribution is -2.28. The Hall–Kier alpha value is -0.770. The van der Waals surface area contributed by atoms with Gasteiger partial charge < -0.3 is 9.73 Å². The van der Waals surface area contributed by atoms with Crippen LogP contribution in [-0.2, 0) is 11.3 Å². The van der Waals surface area contributed by atoms with E-state index in [0.717, 1.165) is 5.56 Å². The molecule has 0 saturated carbocycles. The van der Waals surface area contributed by atoms with Crippen molar-refractivity contribution in [1.82, 2.24) is 5.32 Å². The molecule has 4 heteroatoms. The van der Waals surface area contributed by atoms with E-state index in [1.807, 2.05) is 6.07 Å². The first-order chi connectivity index (χ1) is 5.70. The van der Waals surface area contributed by atoms with E-state index in [9.17, 15) is 4.79 Å². The number of carbonyl (C=O) groups is 1. The van der Waals surface area contributed by atoms with Crippen LogP contribution in [-0.4, -0.2) is 10.7 Å². The third kappa shape index (κ3) is 2.70. The van der Waals surface area contributed by atoms with Crippen LogP contribution in [0.2, 0.25) is 0 Å². The largest absolute Gasteiger partial charge is 0.472 e. The summed E-state index contributed by atoms with van der Waals surface area (Å²) in [5.74, 6) is -0.0174. The second-order valence-corrected chi connectivity index (χ2v) is 3.84. The highest BCUT2D eigenvalue weighted by Gasteiger charge is 2.07. The Morgan fingerprint density at radius 1 is 1.83 bits per heavy atom. The van der Waals surface area contributed by atoms with E-state index in [4.69, 9.17) is 4.42 Å². The highest BCUT2D eigenvalue weighted by Crippen LogP contribution is 2.01. The monoisotopic (exact) mass is 231 g/mol. The van der Waals surface area contributed by atoms with E-state index < -0.39 is 0 Å². The summed E-state index contributed by atoms with van der Waals surface area (Å²) in [5, 5.41) is 2.74. The first-order valence-corrected chi connectivity index (χ1v) is 4.54. The maximum absolute atomic E-state index is 11.0. The summed E-state index contributed by atoms with van der Waals surface area (Å²) in [6, 6.07) is 1.82. The van der Waals surface area contributed by atoms with Gasteiger partial charge in [0.25, 0.3) is 0 Å². The fourth-order valence-corrected chi connectivity index (χ4v) is 0.885. The lowest BCUT2D eigenvalue weighted by Gasteiger charge is -2.03. The topological polar surface area (TPSA) is 42.2 Å². The number of alkyl halides is 1. The molecule has 1 heterocycles. The zero-order valence-electron chi connectivity index (χ0n) is 6.71. The van der Waals surface area contributed by atoms with Gasteiger partial charge in [-0.3, -0.25) is 4.79 Å². The van der Waals surface area contributed by atoms with Crippen molar-refractivity contribution in [3.8, 4) is 0 Å². The Labute approximate surface area is 79.3 Å². The van der Waals surface area contributed by atoms with Gasteiger partial charge in [0.2, 0.25) is 5.91 Å². The summed E-state index contributed by atoms with van der Waals surface area (Å²) in [6.45, 7) is 2.30. The van der Waals surface area contributed by atoms with Crippen molar-refractivity contribution in [2.45, 2.75) is 18.3 Å². The average molecular weight is 232 g/mol. The standard InChI is InChI=1S/C8H10BrNO2/c1-6(9)8(11)10-4-7-2-3-12-5-7/h2-3,5-6H,4H2,1H3,(H,10,11). The molecular formula is C8H10BrNO2. The second kappa shape index (κ2) is 4.30. The number of nitrogens with one attached hydrogen (secondary N) is 1. The third-order valence-corrected chi connectivity index (χ3v) is 1.82. The zero-order valence-corrected chi connectivity index (χ0v) is 8.30. The molecule has 1 aromatic rings. The molecule has 12 heavy (non-hydrogen) atoms. The van der Waals surface area contributed by atoms with Gasteiger partial charge in [-0.15, -0.1) is 0 Å². The third-order valence-electron chi connectivity index (χ3n) is 1.41. The first kappa shape index (κ1) is 9.32. The van der Waals surface area contributed by atoms with Crippen LogP contribution in [0.15, 0.2) is 23.0 Å². The van der Waals surface area contributed by atoms with Gasteiger partial charge in [-0.1, -0.05) is 15.9 Å². The maximum atomic E-state index is 11.0. The van der Waals surface area contributed by atoms with Crippen molar-refractivity contribution in [3.63, 3.8) is 0 Å². The molecule has 0 aliphatic heterocycles. The van der Waals surface area contributed by atoms with Gasteiger partial charge >= 0.3 is 0 Å². The fraction of sp³-hybridized carbons (Fsp3) is 0.375. The molecule has 0 aromatic carbocycles. The summed E-state index contributed by atoms with van der Waals surface area (Å²) in [5.41, 5.74) is 0.969. The molecule has 3 nitrogen and oxygen atoms in total. The summed E-state index contributed by atoms with van der Waals surface area (Å²) in [6.07, 6.45) is 3.19. The van der Waals surface area contributed by atoms with Gasteiger partial charge in [0.1, 0.15) is 0 Å². The average Bonchev–Trinajstić information content (AvgIpc) is 2.51. The summed E-state index contributed by atoms with van der Waals surface area (Å²) in [4.78, 5) is 10.9. The predicted octanol–water partition coefficient (Wildman–Crippen LogP) is 1.68. The van der Waals surface area contributed by atoms with E-state index in [2.05, 4.69) is 21.2 Å². The van der Waals surface area contributed by atoms with Gasteiger partial charge in [0.05, 0.1) is 17.4 Å². The number of hydrogen-bond acceptors (Lipinski definition) is 2. The normalized spacial score (nSPS) is 12.5. The quantitative estimate of drug-likeness (QED) is 0.805. The van der Waals surface area contributed by atoms with Gasteiger partial charge in [-0.25, -0.2) is 0 Å². The minimum absolute atomic E-state index is 0.0174. The molecule has 1 amide bonds. The highest BCUT2D eigenvalue weighted by atomic mass is 79.9. The fourth-order valence-electron chi connectivity index (χ4n) is 0.723. The molecule has 1 atom stereocenters. The minimum Gasteiger partial charge on any atom is -0.472 e. The Morgan fingerprint density at radius 3 is 3.08 bits per heavy atom. The van der Waals surface area contributed by atoms with Crippen molar-refractivity contribution >= 4 is 21.8 Å². The van der Waals surface area contributed by atoms with Crippen molar-refractivity contribution in [2.75, 3.05) is 0 Å². The first-order valence-electron chi connectivity index (χ1n) is 3.63. The second-order valence-electron chi connectivity index (χ2n) is 2.47. The van der Waals surface area contributed by atoms with E-state index >= 15 is 0 Å². The Balaban J connectivity index is 2.32. The van der Waals surface area contributed by atoms with Crippen LogP contribution in [0.1, 0.15) is 12.5 Å². The van der Waals surface area contributed by atoms with Crippen LogP contribution >= 0.6 is 15.9 Å². The molecule has 0 aliphatic carbocycles. The van der Waals surface area contributed by atoms with E-state index in [1.54, 1.807) is 19.5 Å². The molecule has 0 fully saturated rings. The van der Waals surface area contributed by atoms with E-state index in [-0.39, 0.29) is 10.7 Å². The summed E-state index contributed by atoms with van der Waals surface area (Å²) < 4.78 is 4.84. The molecule has 0 radical (unpaired) electrons. The SMILES string of the molecule is CC(Br)C(=O)NCc1ccoc1. The number of amides is 1. The van der Waals surface area contributed by atoms with Crippen molar-refractivity contribution in [1.29, 1.82) is 0 Å². The van der Waals surface area contributed by atoms with Crippen LogP contribution in [0.3, 0.4) is 0 Å². The summed E-state index contributed by atoms with van der Waals surface area (Å²) >= 11 is 3.17. The molecule has 0 saturated heterocycles. The number of halogens is 1. The van der Waals surface area contributed by atoms with Crippen LogP contribution < -0.4 is 5.32 Å². The van der Waals surface area contributed by atoms with Gasteiger partial charge in [-0.2, -0.15) is 0 Å². The number of furan rings is 1. The minimum atomic E-state index is -0.149. The van der Waals surface area contributed by atoms with Gasteiger partial charge in [0, 0.05) is 12.1 Å². The van der Waals surface area contributed by atoms with Crippen LogP contribution in [0.5, 0.6) is 0 Å². The van der Waals surface area contributed by atoms with Crippen molar-refractivity contribution in [2.24, 2.45) is 0 Å². The smallest absolute Gasteiger partial charge is 0.233 e. The summed E-state index contributed by atoms with van der Waals surface area (Å²) in [7, 11) is 0. The lowest BCUT2D eigenvalue weighted by atomic mass is 10.3. The van der Waals surface area contributed by atoms with Crippen LogP contribution in [0.25, 0.3) is 0 Å². The predicted molar refractivity (Wildman–Crippen MR) is 48.9 cm³/mol. The number of carbonyl (C=O) groups excluding carboxylic acids is 1. The van der Waals surface area contributed by atoms with Crippen LogP contribution in [0.4, 0.5) is 0 Å². The molecule has 1 rings (SSSR count). The Bertz CT molecular complexity index is 244. The molecular weight excluding hydrogens is 222 g/mol. The Morgan fingerprint density at radius 2 is 2.58 bits per heavy atom. The van der Waals surface area contributed by atoms with E-state index in [1.165, 1.54) is 0 Å². The van der Waals surface area contributed by atoms with Crippen molar-refractivity contribution < 1.29 is 9.21 Å². The lowest BCUT2D eigenvalue weighted by molar-refractivity contribution is -0.120. The molecule has 0 spiro atoms. The van der Waals surface area contributed by atoms with Crippen molar-refractivity contribution in [3.05, 3.63) is 24.2 Å². The number of hydrogen-bond donors (Lipinski definition) is 1. The van der Waals surface area contributed by atoms with Gasteiger partial charge in [0.15, 0.2) is 0 Å². The number of rotatable bonds is 3. The Kier molecular flexibility index (Phi) is 3.34. The van der Waals surface area contributed by atoms with E-state index in [0.29, 0.717) is 6.54 Å². The molecule has 1 unspecified atom stereocenters. The molecule has 1 N–H and O–H groups in total. The molecule has 0 bridgehead atoms. The highest BCUT2D eigenvalue weighted by molar-refractivity contribution is 9.10. The molecule has 1 aromatic heterocycles.